The highest BCUT2D eigenvalue weighted by atomic mass is 35.5. The zero-order chi connectivity index (χ0) is 15.5. The summed E-state index contributed by atoms with van der Waals surface area (Å²) in [6.45, 7) is 6.91. The first kappa shape index (κ1) is 16.7. The maximum absolute atomic E-state index is 13.3. The minimum absolute atomic E-state index is 0.0352. The molecule has 1 N–H and O–H groups in total. The van der Waals surface area contributed by atoms with Crippen molar-refractivity contribution in [2.45, 2.75) is 32.1 Å². The number of benzene rings is 1. The second-order valence-electron chi connectivity index (χ2n) is 6.49. The summed E-state index contributed by atoms with van der Waals surface area (Å²) in [7, 11) is 1.70. The topological polar surface area (TPSA) is 21.3 Å². The van der Waals surface area contributed by atoms with Gasteiger partial charge in [-0.15, -0.1) is 0 Å². The Morgan fingerprint density at radius 3 is 2.71 bits per heavy atom. The maximum Gasteiger partial charge on any atom is 0.124 e. The van der Waals surface area contributed by atoms with Gasteiger partial charge in [0.15, 0.2) is 0 Å². The molecule has 2 rings (SSSR count). The number of hydrogen-bond donors (Lipinski definition) is 1. The second kappa shape index (κ2) is 7.08. The molecule has 1 aliphatic carbocycles. The molecule has 0 aliphatic heterocycles. The van der Waals surface area contributed by atoms with Crippen LogP contribution >= 0.6 is 11.6 Å². The lowest BCUT2D eigenvalue weighted by Gasteiger charge is -2.50. The third kappa shape index (κ3) is 3.77. The zero-order valence-corrected chi connectivity index (χ0v) is 13.8. The van der Waals surface area contributed by atoms with Gasteiger partial charge in [-0.05, 0) is 42.4 Å². The van der Waals surface area contributed by atoms with Gasteiger partial charge < -0.3 is 10.1 Å². The first-order valence-electron chi connectivity index (χ1n) is 7.64. The van der Waals surface area contributed by atoms with Crippen molar-refractivity contribution in [3.63, 3.8) is 0 Å². The van der Waals surface area contributed by atoms with Crippen molar-refractivity contribution < 1.29 is 9.13 Å². The van der Waals surface area contributed by atoms with Crippen LogP contribution in [0.5, 0.6) is 0 Å². The predicted octanol–water partition coefficient (Wildman–Crippen LogP) is 4.02. The molecule has 4 heteroatoms. The Bertz CT molecular complexity index is 472. The van der Waals surface area contributed by atoms with E-state index < -0.39 is 0 Å². The fraction of sp³-hybridized carbons (Fsp3) is 0.647. The van der Waals surface area contributed by atoms with Crippen molar-refractivity contribution in [2.75, 3.05) is 26.8 Å². The average molecular weight is 314 g/mol. The molecule has 0 saturated heterocycles. The van der Waals surface area contributed by atoms with Crippen molar-refractivity contribution in [1.29, 1.82) is 0 Å². The lowest BCUT2D eigenvalue weighted by Crippen LogP contribution is -2.50. The quantitative estimate of drug-likeness (QED) is 0.768. The molecule has 0 atom stereocenters. The summed E-state index contributed by atoms with van der Waals surface area (Å²) in [6, 6.07) is 4.80. The molecule has 1 saturated carbocycles. The first-order valence-corrected chi connectivity index (χ1v) is 8.01. The SMILES string of the molecule is COCCNCC1(c2ccc(F)cc2Cl)CC(C(C)C)C1. The first-order chi connectivity index (χ1) is 9.98. The summed E-state index contributed by atoms with van der Waals surface area (Å²) in [5.74, 6) is 1.12. The van der Waals surface area contributed by atoms with Gasteiger partial charge in [-0.2, -0.15) is 0 Å². The molecule has 0 bridgehead atoms. The van der Waals surface area contributed by atoms with Gasteiger partial charge in [0.25, 0.3) is 0 Å². The van der Waals surface area contributed by atoms with Crippen LogP contribution < -0.4 is 5.32 Å². The average Bonchev–Trinajstić information content (AvgIpc) is 2.37. The maximum atomic E-state index is 13.3. The summed E-state index contributed by atoms with van der Waals surface area (Å²) in [6.07, 6.45) is 2.21. The lowest BCUT2D eigenvalue weighted by atomic mass is 9.56. The van der Waals surface area contributed by atoms with Crippen LogP contribution in [0, 0.1) is 17.7 Å². The molecule has 0 heterocycles. The Morgan fingerprint density at radius 2 is 2.14 bits per heavy atom. The number of rotatable bonds is 7. The molecule has 1 aromatic carbocycles. The summed E-state index contributed by atoms with van der Waals surface area (Å²) in [5.41, 5.74) is 1.11. The number of ether oxygens (including phenoxy) is 1. The molecule has 0 radical (unpaired) electrons. The largest absolute Gasteiger partial charge is 0.383 e. The van der Waals surface area contributed by atoms with Crippen LogP contribution in [0.2, 0.25) is 5.02 Å². The monoisotopic (exact) mass is 313 g/mol. The van der Waals surface area contributed by atoms with Crippen molar-refractivity contribution in [1.82, 2.24) is 5.32 Å². The van der Waals surface area contributed by atoms with Crippen molar-refractivity contribution in [3.05, 3.63) is 34.6 Å². The highest BCUT2D eigenvalue weighted by Gasteiger charge is 2.46. The van der Waals surface area contributed by atoms with E-state index in [1.807, 2.05) is 6.07 Å². The lowest BCUT2D eigenvalue weighted by molar-refractivity contribution is 0.0949. The zero-order valence-electron chi connectivity index (χ0n) is 13.1. The van der Waals surface area contributed by atoms with Gasteiger partial charge in [-0.1, -0.05) is 31.5 Å². The molecule has 118 valence electrons. The third-order valence-electron chi connectivity index (χ3n) is 4.70. The molecule has 1 fully saturated rings. The van der Waals surface area contributed by atoms with Crippen LogP contribution in [0.15, 0.2) is 18.2 Å². The van der Waals surface area contributed by atoms with Gasteiger partial charge in [-0.25, -0.2) is 4.39 Å². The Morgan fingerprint density at radius 1 is 1.43 bits per heavy atom. The van der Waals surface area contributed by atoms with Crippen LogP contribution in [0.3, 0.4) is 0 Å². The number of nitrogens with one attached hydrogen (secondary N) is 1. The van der Waals surface area contributed by atoms with Gasteiger partial charge in [0.2, 0.25) is 0 Å². The fourth-order valence-electron chi connectivity index (χ4n) is 3.30. The van der Waals surface area contributed by atoms with Crippen LogP contribution in [-0.4, -0.2) is 26.8 Å². The van der Waals surface area contributed by atoms with E-state index in [2.05, 4.69) is 19.2 Å². The van der Waals surface area contributed by atoms with Crippen LogP contribution in [-0.2, 0) is 10.2 Å². The number of hydrogen-bond acceptors (Lipinski definition) is 2. The number of halogens is 2. The molecule has 2 nitrogen and oxygen atoms in total. The Kier molecular flexibility index (Phi) is 5.64. The van der Waals surface area contributed by atoms with E-state index in [-0.39, 0.29) is 11.2 Å². The summed E-state index contributed by atoms with van der Waals surface area (Å²) in [4.78, 5) is 0. The normalized spacial score (nSPS) is 25.1. The van der Waals surface area contributed by atoms with Gasteiger partial charge in [-0.3, -0.25) is 0 Å². The van der Waals surface area contributed by atoms with E-state index in [9.17, 15) is 4.39 Å². The summed E-state index contributed by atoms with van der Waals surface area (Å²) < 4.78 is 18.4. The Labute approximate surface area is 132 Å². The standard InChI is InChI=1S/C17H25ClFNO/c1-12(2)13-9-17(10-13,11-20-6-7-21-3)15-5-4-14(19)8-16(15)18/h4-5,8,12-13,20H,6-7,9-11H2,1-3H3. The Hall–Kier alpha value is -0.640. The molecule has 1 aromatic rings. The van der Waals surface area contributed by atoms with E-state index in [4.69, 9.17) is 16.3 Å². The summed E-state index contributed by atoms with van der Waals surface area (Å²) in [5, 5.41) is 4.00. The molecule has 0 unspecified atom stereocenters. The predicted molar refractivity (Wildman–Crippen MR) is 85.4 cm³/mol. The molecule has 1 aliphatic rings. The molecular weight excluding hydrogens is 289 g/mol. The van der Waals surface area contributed by atoms with Crippen molar-refractivity contribution in [2.24, 2.45) is 11.8 Å². The van der Waals surface area contributed by atoms with E-state index in [1.54, 1.807) is 7.11 Å². The molecule has 0 amide bonds. The second-order valence-corrected chi connectivity index (χ2v) is 6.89. The van der Waals surface area contributed by atoms with Crippen molar-refractivity contribution in [3.8, 4) is 0 Å². The van der Waals surface area contributed by atoms with Crippen LogP contribution in [0.4, 0.5) is 4.39 Å². The van der Waals surface area contributed by atoms with Crippen LogP contribution in [0.25, 0.3) is 0 Å². The van der Waals surface area contributed by atoms with E-state index in [0.29, 0.717) is 17.5 Å². The number of methoxy groups -OCH3 is 1. The van der Waals surface area contributed by atoms with Gasteiger partial charge in [0.05, 0.1) is 6.61 Å². The van der Waals surface area contributed by atoms with Crippen molar-refractivity contribution >= 4 is 11.6 Å². The highest BCUT2D eigenvalue weighted by Crippen LogP contribution is 2.52. The van der Waals surface area contributed by atoms with Gasteiger partial charge >= 0.3 is 0 Å². The molecular formula is C17H25ClFNO. The van der Waals surface area contributed by atoms with E-state index in [0.717, 1.165) is 37.4 Å². The van der Waals surface area contributed by atoms with E-state index in [1.165, 1.54) is 12.1 Å². The van der Waals surface area contributed by atoms with Gasteiger partial charge in [0.1, 0.15) is 5.82 Å². The summed E-state index contributed by atoms with van der Waals surface area (Å²) >= 11 is 6.30. The van der Waals surface area contributed by atoms with E-state index >= 15 is 0 Å². The minimum atomic E-state index is -0.272. The smallest absolute Gasteiger partial charge is 0.124 e. The van der Waals surface area contributed by atoms with Crippen LogP contribution in [0.1, 0.15) is 32.3 Å². The Balaban J connectivity index is 2.13. The van der Waals surface area contributed by atoms with Gasteiger partial charge in [0, 0.05) is 30.6 Å². The highest BCUT2D eigenvalue weighted by molar-refractivity contribution is 6.31. The minimum Gasteiger partial charge on any atom is -0.383 e. The fourth-order valence-corrected chi connectivity index (χ4v) is 3.66. The molecule has 0 aromatic heterocycles. The third-order valence-corrected chi connectivity index (χ3v) is 5.01. The molecule has 0 spiro atoms. The molecule has 21 heavy (non-hydrogen) atoms.